The lowest BCUT2D eigenvalue weighted by Crippen LogP contribution is -2.07. The molecular weight excluding hydrogens is 412 g/mol. The molecule has 0 saturated heterocycles. The summed E-state index contributed by atoms with van der Waals surface area (Å²) in [6, 6.07) is 18.4. The van der Waals surface area contributed by atoms with Crippen LogP contribution in [-0.2, 0) is 16.1 Å². The SMILES string of the molecule is O=C1OC(c2cc(F)c(F)cc2Cl)=N/C1=C\c1ccccc1OCc1ccccc1. The monoisotopic (exact) mass is 425 g/mol. The number of aliphatic imine (C=N–C) groups is 1. The van der Waals surface area contributed by atoms with E-state index in [1.54, 1.807) is 18.2 Å². The van der Waals surface area contributed by atoms with Crippen molar-refractivity contribution >= 4 is 29.5 Å². The van der Waals surface area contributed by atoms with E-state index in [4.69, 9.17) is 21.1 Å². The molecule has 0 bridgehead atoms. The summed E-state index contributed by atoms with van der Waals surface area (Å²) in [7, 11) is 0. The molecule has 0 atom stereocenters. The Hall–Kier alpha value is -3.51. The van der Waals surface area contributed by atoms with Gasteiger partial charge in [-0.15, -0.1) is 0 Å². The second-order valence-electron chi connectivity index (χ2n) is 6.39. The van der Waals surface area contributed by atoms with Gasteiger partial charge in [0, 0.05) is 5.56 Å². The first-order valence-corrected chi connectivity index (χ1v) is 9.32. The Balaban J connectivity index is 1.62. The topological polar surface area (TPSA) is 47.9 Å². The van der Waals surface area contributed by atoms with Gasteiger partial charge in [-0.2, -0.15) is 0 Å². The first-order valence-electron chi connectivity index (χ1n) is 8.94. The average molecular weight is 426 g/mol. The maximum Gasteiger partial charge on any atom is 0.363 e. The second-order valence-corrected chi connectivity index (χ2v) is 6.80. The predicted molar refractivity (Wildman–Crippen MR) is 109 cm³/mol. The van der Waals surface area contributed by atoms with E-state index in [1.807, 2.05) is 36.4 Å². The van der Waals surface area contributed by atoms with Gasteiger partial charge in [-0.3, -0.25) is 0 Å². The van der Waals surface area contributed by atoms with Gasteiger partial charge >= 0.3 is 5.97 Å². The third-order valence-electron chi connectivity index (χ3n) is 4.31. The quantitative estimate of drug-likeness (QED) is 0.306. The summed E-state index contributed by atoms with van der Waals surface area (Å²) in [6.45, 7) is 0.352. The highest BCUT2D eigenvalue weighted by Gasteiger charge is 2.27. The maximum absolute atomic E-state index is 13.6. The zero-order chi connectivity index (χ0) is 21.1. The molecule has 1 aliphatic rings. The number of benzene rings is 3. The lowest BCUT2D eigenvalue weighted by atomic mass is 10.1. The number of para-hydroxylation sites is 1. The van der Waals surface area contributed by atoms with Gasteiger partial charge in [0.25, 0.3) is 0 Å². The van der Waals surface area contributed by atoms with Crippen molar-refractivity contribution in [2.45, 2.75) is 6.61 Å². The van der Waals surface area contributed by atoms with Crippen LogP contribution in [0.2, 0.25) is 5.02 Å². The summed E-state index contributed by atoms with van der Waals surface area (Å²) < 4.78 is 37.8. The van der Waals surface area contributed by atoms with Crippen LogP contribution < -0.4 is 4.74 Å². The van der Waals surface area contributed by atoms with Crippen molar-refractivity contribution in [1.29, 1.82) is 0 Å². The molecule has 0 N–H and O–H groups in total. The Labute approximate surface area is 176 Å². The van der Waals surface area contributed by atoms with Crippen molar-refractivity contribution in [3.63, 3.8) is 0 Å². The van der Waals surface area contributed by atoms with Crippen LogP contribution >= 0.6 is 11.6 Å². The molecule has 0 amide bonds. The minimum Gasteiger partial charge on any atom is -0.488 e. The Bertz CT molecular complexity index is 1180. The van der Waals surface area contributed by atoms with E-state index in [0.717, 1.165) is 17.7 Å². The highest BCUT2D eigenvalue weighted by molar-refractivity contribution is 6.34. The van der Waals surface area contributed by atoms with Gasteiger partial charge in [-0.1, -0.05) is 60.1 Å². The molecule has 0 saturated carbocycles. The van der Waals surface area contributed by atoms with E-state index in [0.29, 0.717) is 17.9 Å². The van der Waals surface area contributed by atoms with E-state index in [2.05, 4.69) is 4.99 Å². The number of esters is 1. The lowest BCUT2D eigenvalue weighted by Gasteiger charge is -2.09. The Morgan fingerprint density at radius 1 is 1.00 bits per heavy atom. The molecule has 0 unspecified atom stereocenters. The molecule has 150 valence electrons. The van der Waals surface area contributed by atoms with Crippen LogP contribution in [-0.4, -0.2) is 11.9 Å². The lowest BCUT2D eigenvalue weighted by molar-refractivity contribution is -0.129. The Morgan fingerprint density at radius 2 is 1.70 bits per heavy atom. The van der Waals surface area contributed by atoms with E-state index < -0.39 is 17.6 Å². The number of halogens is 3. The van der Waals surface area contributed by atoms with Crippen molar-refractivity contribution in [2.24, 2.45) is 4.99 Å². The molecular formula is C23H14ClF2NO3. The third-order valence-corrected chi connectivity index (χ3v) is 4.62. The molecule has 3 aromatic carbocycles. The van der Waals surface area contributed by atoms with Crippen molar-refractivity contribution in [3.8, 4) is 5.75 Å². The van der Waals surface area contributed by atoms with E-state index in [9.17, 15) is 13.6 Å². The summed E-state index contributed by atoms with van der Waals surface area (Å²) in [5.41, 5.74) is 1.58. The van der Waals surface area contributed by atoms with Crippen LogP contribution in [0.15, 0.2) is 77.4 Å². The number of ether oxygens (including phenoxy) is 2. The van der Waals surface area contributed by atoms with Gasteiger partial charge in [-0.25, -0.2) is 18.6 Å². The van der Waals surface area contributed by atoms with Gasteiger partial charge in [0.15, 0.2) is 17.3 Å². The van der Waals surface area contributed by atoms with Crippen molar-refractivity contribution < 1.29 is 23.0 Å². The highest BCUT2D eigenvalue weighted by atomic mass is 35.5. The number of hydrogen-bond donors (Lipinski definition) is 0. The van der Waals surface area contributed by atoms with Gasteiger partial charge in [0.2, 0.25) is 5.90 Å². The van der Waals surface area contributed by atoms with Crippen LogP contribution in [0.4, 0.5) is 8.78 Å². The predicted octanol–water partition coefficient (Wildman–Crippen LogP) is 5.54. The number of nitrogens with zero attached hydrogens (tertiary/aromatic N) is 1. The summed E-state index contributed by atoms with van der Waals surface area (Å²) in [5, 5.41) is -0.117. The molecule has 0 aromatic heterocycles. The second kappa shape index (κ2) is 8.47. The van der Waals surface area contributed by atoms with Crippen LogP contribution in [0, 0.1) is 11.6 Å². The van der Waals surface area contributed by atoms with Gasteiger partial charge in [0.1, 0.15) is 12.4 Å². The molecule has 1 aliphatic heterocycles. The molecule has 30 heavy (non-hydrogen) atoms. The Kier molecular flexibility index (Phi) is 5.59. The zero-order valence-corrected chi connectivity index (χ0v) is 16.2. The largest absolute Gasteiger partial charge is 0.488 e. The summed E-state index contributed by atoms with van der Waals surface area (Å²) in [6.07, 6.45) is 1.50. The number of rotatable bonds is 5. The summed E-state index contributed by atoms with van der Waals surface area (Å²) in [4.78, 5) is 16.4. The average Bonchev–Trinajstić information content (AvgIpc) is 3.11. The highest BCUT2D eigenvalue weighted by Crippen LogP contribution is 2.28. The maximum atomic E-state index is 13.6. The number of carbonyl (C=O) groups excluding carboxylic acids is 1. The van der Waals surface area contributed by atoms with Gasteiger partial charge < -0.3 is 9.47 Å². The fourth-order valence-corrected chi connectivity index (χ4v) is 3.06. The van der Waals surface area contributed by atoms with Crippen LogP contribution in [0.25, 0.3) is 6.08 Å². The van der Waals surface area contributed by atoms with Crippen molar-refractivity contribution in [2.75, 3.05) is 0 Å². The molecule has 0 fully saturated rings. The smallest absolute Gasteiger partial charge is 0.363 e. The van der Waals surface area contributed by atoms with Crippen molar-refractivity contribution in [3.05, 3.63) is 106 Å². The summed E-state index contributed by atoms with van der Waals surface area (Å²) >= 11 is 5.94. The molecule has 7 heteroatoms. The normalized spacial score (nSPS) is 14.6. The molecule has 0 spiro atoms. The summed E-state index contributed by atoms with van der Waals surface area (Å²) in [5.74, 6) is -2.60. The molecule has 3 aromatic rings. The molecule has 0 aliphatic carbocycles. The number of hydrogen-bond acceptors (Lipinski definition) is 4. The Morgan fingerprint density at radius 3 is 2.50 bits per heavy atom. The van der Waals surface area contributed by atoms with Gasteiger partial charge in [-0.05, 0) is 29.8 Å². The van der Waals surface area contributed by atoms with Crippen LogP contribution in [0.3, 0.4) is 0 Å². The third kappa shape index (κ3) is 4.23. The first kappa shape index (κ1) is 19.8. The van der Waals surface area contributed by atoms with Crippen LogP contribution in [0.5, 0.6) is 5.75 Å². The minimum atomic E-state index is -1.12. The molecule has 4 rings (SSSR count). The van der Waals surface area contributed by atoms with Crippen molar-refractivity contribution in [1.82, 2.24) is 0 Å². The molecule has 0 radical (unpaired) electrons. The van der Waals surface area contributed by atoms with E-state index in [1.165, 1.54) is 6.08 Å². The number of carbonyl (C=O) groups is 1. The van der Waals surface area contributed by atoms with E-state index >= 15 is 0 Å². The zero-order valence-electron chi connectivity index (χ0n) is 15.4. The fourth-order valence-electron chi connectivity index (χ4n) is 2.82. The fraction of sp³-hybridized carbons (Fsp3) is 0.0435. The minimum absolute atomic E-state index is 0.0124. The van der Waals surface area contributed by atoms with E-state index in [-0.39, 0.29) is 22.2 Å². The number of cyclic esters (lactones) is 1. The molecule has 4 nitrogen and oxygen atoms in total. The first-order chi connectivity index (χ1) is 14.5. The van der Waals surface area contributed by atoms with Crippen LogP contribution in [0.1, 0.15) is 16.7 Å². The standard InChI is InChI=1S/C23H14ClF2NO3/c24-17-12-19(26)18(25)11-16(17)22-27-20(23(28)30-22)10-15-8-4-5-9-21(15)29-13-14-6-2-1-3-7-14/h1-12H,13H2/b20-10-. The van der Waals surface area contributed by atoms with Gasteiger partial charge in [0.05, 0.1) is 10.6 Å². The molecule has 1 heterocycles.